The molecule has 0 aromatic heterocycles. The van der Waals surface area contributed by atoms with Crippen molar-refractivity contribution >= 4 is 21.6 Å². The van der Waals surface area contributed by atoms with E-state index in [0.717, 1.165) is 10.5 Å². The van der Waals surface area contributed by atoms with Gasteiger partial charge in [0.25, 0.3) is 0 Å². The fraction of sp³-hybridized carbons (Fsp3) is 0.364. The molecule has 0 fully saturated rings. The highest BCUT2D eigenvalue weighted by Crippen LogP contribution is 2.23. The molecule has 6 heteroatoms. The topological polar surface area (TPSA) is 83.9 Å². The van der Waals surface area contributed by atoms with Gasteiger partial charge in [0.2, 0.25) is 0 Å². The highest BCUT2D eigenvalue weighted by atomic mass is 32.2. The Morgan fingerprint density at radius 2 is 2.18 bits per heavy atom. The summed E-state index contributed by atoms with van der Waals surface area (Å²) in [6.45, 7) is 0.392. The molecule has 0 atom stereocenters. The maximum absolute atomic E-state index is 11.0. The van der Waals surface area contributed by atoms with Crippen molar-refractivity contribution in [2.45, 2.75) is 11.4 Å². The molecular weight excluding hydrogens is 256 g/mol. The summed E-state index contributed by atoms with van der Waals surface area (Å²) in [6, 6.07) is 7.49. The second-order valence-corrected chi connectivity index (χ2v) is 7.02. The highest BCUT2D eigenvalue weighted by molar-refractivity contribution is 8.00. The number of nitrogens with zero attached hydrogens (tertiary/aromatic N) is 1. The highest BCUT2D eigenvalue weighted by Gasteiger charge is 2.06. The van der Waals surface area contributed by atoms with Crippen LogP contribution in [0.25, 0.3) is 0 Å². The Hall–Kier alpha value is -1.03. The van der Waals surface area contributed by atoms with E-state index in [1.807, 2.05) is 12.1 Å². The third kappa shape index (κ3) is 4.77. The zero-order valence-corrected chi connectivity index (χ0v) is 11.1. The summed E-state index contributed by atoms with van der Waals surface area (Å²) in [5, 5.41) is 8.98. The van der Waals surface area contributed by atoms with Crippen LogP contribution in [0, 0.1) is 11.3 Å². The number of hydrogen-bond donors (Lipinski definition) is 1. The second kappa shape index (κ2) is 6.05. The summed E-state index contributed by atoms with van der Waals surface area (Å²) in [7, 11) is -2.95. The lowest BCUT2D eigenvalue weighted by Gasteiger charge is -2.05. The van der Waals surface area contributed by atoms with Crippen LogP contribution in [0.2, 0.25) is 0 Å². The Morgan fingerprint density at radius 3 is 2.71 bits per heavy atom. The van der Waals surface area contributed by atoms with E-state index in [2.05, 4.69) is 6.07 Å². The number of rotatable bonds is 5. The van der Waals surface area contributed by atoms with Crippen molar-refractivity contribution in [1.82, 2.24) is 0 Å². The summed E-state index contributed by atoms with van der Waals surface area (Å²) in [6.07, 6.45) is 1.20. The van der Waals surface area contributed by atoms with Gasteiger partial charge in [-0.2, -0.15) is 5.26 Å². The van der Waals surface area contributed by atoms with Gasteiger partial charge in [0, 0.05) is 23.4 Å². The lowest BCUT2D eigenvalue weighted by molar-refractivity contribution is 0.603. The maximum atomic E-state index is 11.0. The predicted molar refractivity (Wildman–Crippen MR) is 69.5 cm³/mol. The number of nitriles is 1. The zero-order chi connectivity index (χ0) is 12.9. The van der Waals surface area contributed by atoms with Crippen LogP contribution in [0.15, 0.2) is 23.1 Å². The number of benzene rings is 1. The lowest BCUT2D eigenvalue weighted by atomic mass is 10.1. The van der Waals surface area contributed by atoms with Crippen molar-refractivity contribution in [3.63, 3.8) is 0 Å². The van der Waals surface area contributed by atoms with Gasteiger partial charge in [-0.3, -0.25) is 0 Å². The van der Waals surface area contributed by atoms with Gasteiger partial charge >= 0.3 is 0 Å². The summed E-state index contributed by atoms with van der Waals surface area (Å²) in [5.41, 5.74) is 6.93. The molecule has 1 aromatic carbocycles. The molecule has 0 aliphatic heterocycles. The SMILES string of the molecule is CS(=O)(=O)CCSc1ccc(CN)cc1C#N. The normalized spacial score (nSPS) is 11.1. The largest absolute Gasteiger partial charge is 0.326 e. The van der Waals surface area contributed by atoms with Gasteiger partial charge < -0.3 is 5.73 Å². The first-order valence-electron chi connectivity index (χ1n) is 5.00. The van der Waals surface area contributed by atoms with Crippen molar-refractivity contribution < 1.29 is 8.42 Å². The van der Waals surface area contributed by atoms with Crippen molar-refractivity contribution in [3.05, 3.63) is 29.3 Å². The van der Waals surface area contributed by atoms with Crippen molar-refractivity contribution in [2.75, 3.05) is 17.8 Å². The molecule has 0 spiro atoms. The van der Waals surface area contributed by atoms with E-state index in [9.17, 15) is 8.42 Å². The third-order valence-corrected chi connectivity index (χ3v) is 4.39. The summed E-state index contributed by atoms with van der Waals surface area (Å²) < 4.78 is 22.0. The number of hydrogen-bond acceptors (Lipinski definition) is 5. The average molecular weight is 270 g/mol. The monoisotopic (exact) mass is 270 g/mol. The first-order chi connectivity index (χ1) is 7.96. The summed E-state index contributed by atoms with van der Waals surface area (Å²) >= 11 is 1.38. The van der Waals surface area contributed by atoms with E-state index in [4.69, 9.17) is 11.0 Å². The molecule has 0 aliphatic rings. The Balaban J connectivity index is 2.75. The van der Waals surface area contributed by atoms with Gasteiger partial charge in [0.1, 0.15) is 15.9 Å². The van der Waals surface area contributed by atoms with Crippen LogP contribution in [0.5, 0.6) is 0 Å². The summed E-state index contributed by atoms with van der Waals surface area (Å²) in [4.78, 5) is 0.799. The van der Waals surface area contributed by atoms with Gasteiger partial charge in [-0.15, -0.1) is 11.8 Å². The van der Waals surface area contributed by atoms with Crippen molar-refractivity contribution in [2.24, 2.45) is 5.73 Å². The molecule has 0 saturated heterocycles. The molecule has 0 radical (unpaired) electrons. The second-order valence-electron chi connectivity index (χ2n) is 3.62. The van der Waals surface area contributed by atoms with Crippen LogP contribution >= 0.6 is 11.8 Å². The predicted octanol–water partition coefficient (Wildman–Crippen LogP) is 1.15. The number of sulfone groups is 1. The van der Waals surface area contributed by atoms with Crippen molar-refractivity contribution in [1.29, 1.82) is 5.26 Å². The van der Waals surface area contributed by atoms with E-state index in [1.54, 1.807) is 6.07 Å². The van der Waals surface area contributed by atoms with Crippen molar-refractivity contribution in [3.8, 4) is 6.07 Å². The van der Waals surface area contributed by atoms with Crippen LogP contribution < -0.4 is 5.73 Å². The Kier molecular flexibility index (Phi) is 5.00. The minimum Gasteiger partial charge on any atom is -0.326 e. The molecular formula is C11H14N2O2S2. The van der Waals surface area contributed by atoms with E-state index in [0.29, 0.717) is 17.9 Å². The molecule has 2 N–H and O–H groups in total. The van der Waals surface area contributed by atoms with Crippen LogP contribution in [-0.2, 0) is 16.4 Å². The standard InChI is InChI=1S/C11H14N2O2S2/c1-17(14,15)5-4-16-11-3-2-9(7-12)6-10(11)8-13/h2-3,6H,4-5,7,12H2,1H3. The molecule has 1 rings (SSSR count). The molecule has 0 aliphatic carbocycles. The smallest absolute Gasteiger partial charge is 0.148 e. The fourth-order valence-corrected chi connectivity index (χ4v) is 3.41. The third-order valence-electron chi connectivity index (χ3n) is 2.11. The Labute approximate surface area is 106 Å². The van der Waals surface area contributed by atoms with E-state index in [1.165, 1.54) is 18.0 Å². The summed E-state index contributed by atoms with van der Waals surface area (Å²) in [5.74, 6) is 0.566. The molecule has 1 aromatic rings. The van der Waals surface area contributed by atoms with Crippen LogP contribution in [0.1, 0.15) is 11.1 Å². The molecule has 0 amide bonds. The Bertz CT molecular complexity index is 533. The van der Waals surface area contributed by atoms with Crippen LogP contribution in [0.4, 0.5) is 0 Å². The van der Waals surface area contributed by atoms with Crippen LogP contribution in [0.3, 0.4) is 0 Å². The number of nitrogens with two attached hydrogens (primary N) is 1. The van der Waals surface area contributed by atoms with Gasteiger partial charge in [-0.05, 0) is 17.7 Å². The molecule has 0 heterocycles. The molecule has 0 saturated carbocycles. The quantitative estimate of drug-likeness (QED) is 0.811. The maximum Gasteiger partial charge on any atom is 0.148 e. The first-order valence-corrected chi connectivity index (χ1v) is 8.04. The molecule has 17 heavy (non-hydrogen) atoms. The Morgan fingerprint density at radius 1 is 1.47 bits per heavy atom. The fourth-order valence-electron chi connectivity index (χ4n) is 1.22. The minimum absolute atomic E-state index is 0.112. The first kappa shape index (κ1) is 14.0. The molecule has 4 nitrogen and oxygen atoms in total. The van der Waals surface area contributed by atoms with E-state index >= 15 is 0 Å². The van der Waals surface area contributed by atoms with E-state index in [-0.39, 0.29) is 5.75 Å². The zero-order valence-electron chi connectivity index (χ0n) is 9.51. The van der Waals surface area contributed by atoms with Gasteiger partial charge in [0.05, 0.1) is 11.3 Å². The molecule has 0 bridgehead atoms. The molecule has 92 valence electrons. The molecule has 0 unspecified atom stereocenters. The van der Waals surface area contributed by atoms with Gasteiger partial charge in [-0.1, -0.05) is 6.07 Å². The van der Waals surface area contributed by atoms with E-state index < -0.39 is 9.84 Å². The average Bonchev–Trinajstić information content (AvgIpc) is 2.27. The number of thioether (sulfide) groups is 1. The lowest BCUT2D eigenvalue weighted by Crippen LogP contribution is -2.05. The minimum atomic E-state index is -2.95. The van der Waals surface area contributed by atoms with Gasteiger partial charge in [0.15, 0.2) is 0 Å². The van der Waals surface area contributed by atoms with Crippen LogP contribution in [-0.4, -0.2) is 26.2 Å². The van der Waals surface area contributed by atoms with Gasteiger partial charge in [-0.25, -0.2) is 8.42 Å².